The lowest BCUT2D eigenvalue weighted by Crippen LogP contribution is -2.45. The zero-order valence-corrected chi connectivity index (χ0v) is 18.8. The normalized spacial score (nSPS) is 15.7. The van der Waals surface area contributed by atoms with Crippen LogP contribution in [0.25, 0.3) is 6.08 Å². The maximum Gasteiger partial charge on any atom is 0.338 e. The first kappa shape index (κ1) is 23.0. The minimum Gasteiger partial charge on any atom is -0.493 e. The van der Waals surface area contributed by atoms with Gasteiger partial charge in [0.05, 0.1) is 25.3 Å². The molecule has 2 N–H and O–H groups in total. The van der Waals surface area contributed by atoms with Crippen molar-refractivity contribution in [1.82, 2.24) is 10.6 Å². The first-order valence-electron chi connectivity index (χ1n) is 10.0. The number of benzene rings is 2. The van der Waals surface area contributed by atoms with Crippen LogP contribution in [0.5, 0.6) is 11.5 Å². The molecule has 3 rings (SSSR count). The number of thiocarbonyl (C=S) groups is 1. The molecule has 0 fully saturated rings. The Bertz CT molecular complexity index is 1080. The van der Waals surface area contributed by atoms with Gasteiger partial charge in [-0.05, 0) is 55.4 Å². The number of hydrogen-bond acceptors (Lipinski definition) is 6. The Morgan fingerprint density at radius 3 is 2.56 bits per heavy atom. The fraction of sp³-hybridized carbons (Fsp3) is 0.208. The van der Waals surface area contributed by atoms with E-state index in [1.165, 1.54) is 13.2 Å². The lowest BCUT2D eigenvalue weighted by Gasteiger charge is -2.30. The van der Waals surface area contributed by atoms with E-state index in [0.717, 1.165) is 5.56 Å². The van der Waals surface area contributed by atoms with Crippen molar-refractivity contribution in [2.75, 3.05) is 13.7 Å². The summed E-state index contributed by atoms with van der Waals surface area (Å²) in [5, 5.41) is 6.43. The van der Waals surface area contributed by atoms with Crippen molar-refractivity contribution in [1.29, 1.82) is 0 Å². The molecule has 0 amide bonds. The number of methoxy groups -OCH3 is 1. The van der Waals surface area contributed by atoms with E-state index < -0.39 is 18.0 Å². The van der Waals surface area contributed by atoms with Gasteiger partial charge in [-0.2, -0.15) is 0 Å². The summed E-state index contributed by atoms with van der Waals surface area (Å²) in [5.74, 6) is -0.382. The summed E-state index contributed by atoms with van der Waals surface area (Å²) in [7, 11) is 1.48. The van der Waals surface area contributed by atoms with Gasteiger partial charge in [-0.1, -0.05) is 36.4 Å². The van der Waals surface area contributed by atoms with Gasteiger partial charge in [0.15, 0.2) is 16.6 Å². The number of allylic oxidation sites excluding steroid dienone is 1. The molecule has 1 atom stereocenters. The van der Waals surface area contributed by atoms with Crippen LogP contribution in [0.3, 0.4) is 0 Å². The minimum absolute atomic E-state index is 0.251. The van der Waals surface area contributed by atoms with E-state index in [1.54, 1.807) is 38.1 Å². The fourth-order valence-corrected chi connectivity index (χ4v) is 3.51. The molecule has 0 saturated carbocycles. The van der Waals surface area contributed by atoms with Gasteiger partial charge < -0.3 is 24.8 Å². The van der Waals surface area contributed by atoms with Gasteiger partial charge in [0.25, 0.3) is 0 Å². The zero-order valence-electron chi connectivity index (χ0n) is 18.0. The van der Waals surface area contributed by atoms with E-state index in [4.69, 9.17) is 26.4 Å². The highest BCUT2D eigenvalue weighted by Crippen LogP contribution is 2.34. The quantitative estimate of drug-likeness (QED) is 0.285. The van der Waals surface area contributed by atoms with Crippen molar-refractivity contribution >= 4 is 35.3 Å². The Labute approximate surface area is 192 Å². The topological polar surface area (TPSA) is 85.9 Å². The Morgan fingerprint density at radius 1 is 1.12 bits per heavy atom. The lowest BCUT2D eigenvalue weighted by atomic mass is 9.95. The molecule has 8 heteroatoms. The van der Waals surface area contributed by atoms with Crippen molar-refractivity contribution in [2.24, 2.45) is 0 Å². The van der Waals surface area contributed by atoms with Crippen LogP contribution in [0.4, 0.5) is 0 Å². The average Bonchev–Trinajstić information content (AvgIpc) is 2.78. The summed E-state index contributed by atoms with van der Waals surface area (Å²) in [6, 6.07) is 13.9. The van der Waals surface area contributed by atoms with Crippen molar-refractivity contribution in [2.45, 2.75) is 19.9 Å². The molecule has 0 spiro atoms. The summed E-state index contributed by atoms with van der Waals surface area (Å²) in [6.07, 6.45) is 3.02. The van der Waals surface area contributed by atoms with Gasteiger partial charge in [0, 0.05) is 11.8 Å². The summed E-state index contributed by atoms with van der Waals surface area (Å²) >= 11 is 5.26. The lowest BCUT2D eigenvalue weighted by molar-refractivity contribution is -0.139. The molecule has 1 heterocycles. The maximum atomic E-state index is 12.5. The molecule has 0 aliphatic carbocycles. The van der Waals surface area contributed by atoms with Crippen molar-refractivity contribution in [3.8, 4) is 11.5 Å². The number of rotatable bonds is 7. The highest BCUT2D eigenvalue weighted by molar-refractivity contribution is 7.80. The molecule has 2 aromatic carbocycles. The van der Waals surface area contributed by atoms with Gasteiger partial charge in [0.2, 0.25) is 0 Å². The zero-order chi connectivity index (χ0) is 23.1. The number of carbonyl (C=O) groups is 2. The predicted octanol–water partition coefficient (Wildman–Crippen LogP) is 3.67. The Kier molecular flexibility index (Phi) is 7.62. The van der Waals surface area contributed by atoms with Crippen molar-refractivity contribution in [3.05, 3.63) is 77.0 Å². The SMILES string of the molecule is CCOC(=O)C1=C(C)NC(=S)NC1c1ccc(OC(=O)/C=C/c2ccccc2)c(OC)c1. The fourth-order valence-electron chi connectivity index (χ4n) is 3.24. The standard InChI is InChI=1S/C24H24N2O5S/c1-4-30-23(28)21-15(2)25-24(32)26-22(21)17-11-12-18(19(14-17)29-3)31-20(27)13-10-16-8-6-5-7-9-16/h5-14,22H,4H2,1-3H3,(H2,25,26,32)/b13-10+. The molecule has 2 aromatic rings. The van der Waals surface area contributed by atoms with Gasteiger partial charge in [-0.25, -0.2) is 9.59 Å². The molecule has 0 bridgehead atoms. The average molecular weight is 453 g/mol. The van der Waals surface area contributed by atoms with Crippen LogP contribution < -0.4 is 20.1 Å². The first-order chi connectivity index (χ1) is 15.4. The Hall–Kier alpha value is -3.65. The van der Waals surface area contributed by atoms with Gasteiger partial charge >= 0.3 is 11.9 Å². The molecule has 0 saturated heterocycles. The van der Waals surface area contributed by atoms with Crippen LogP contribution >= 0.6 is 12.2 Å². The van der Waals surface area contributed by atoms with Crippen molar-refractivity contribution in [3.63, 3.8) is 0 Å². The summed E-state index contributed by atoms with van der Waals surface area (Å²) in [5.41, 5.74) is 2.61. The number of hydrogen-bond donors (Lipinski definition) is 2. The van der Waals surface area contributed by atoms with Crippen LogP contribution in [0.1, 0.15) is 31.0 Å². The van der Waals surface area contributed by atoms with Crippen LogP contribution in [0.2, 0.25) is 0 Å². The molecular formula is C24H24N2O5S. The smallest absolute Gasteiger partial charge is 0.338 e. The highest BCUT2D eigenvalue weighted by atomic mass is 32.1. The van der Waals surface area contributed by atoms with E-state index in [9.17, 15) is 9.59 Å². The molecule has 7 nitrogen and oxygen atoms in total. The van der Waals surface area contributed by atoms with Gasteiger partial charge in [-0.3, -0.25) is 0 Å². The third-order valence-electron chi connectivity index (χ3n) is 4.71. The number of nitrogens with one attached hydrogen (secondary N) is 2. The Balaban J connectivity index is 1.84. The van der Waals surface area contributed by atoms with E-state index in [0.29, 0.717) is 27.7 Å². The largest absolute Gasteiger partial charge is 0.493 e. The molecule has 1 unspecified atom stereocenters. The molecule has 32 heavy (non-hydrogen) atoms. The predicted molar refractivity (Wildman–Crippen MR) is 125 cm³/mol. The van der Waals surface area contributed by atoms with Crippen LogP contribution in [-0.2, 0) is 14.3 Å². The molecule has 0 radical (unpaired) electrons. The van der Waals surface area contributed by atoms with Crippen molar-refractivity contribution < 1.29 is 23.8 Å². The van der Waals surface area contributed by atoms with Gasteiger partial charge in [0.1, 0.15) is 0 Å². The molecule has 166 valence electrons. The van der Waals surface area contributed by atoms with Gasteiger partial charge in [-0.15, -0.1) is 0 Å². The summed E-state index contributed by atoms with van der Waals surface area (Å²) in [6.45, 7) is 3.76. The first-order valence-corrected chi connectivity index (χ1v) is 10.4. The van der Waals surface area contributed by atoms with Crippen LogP contribution in [0, 0.1) is 0 Å². The van der Waals surface area contributed by atoms with Crippen LogP contribution in [0.15, 0.2) is 65.9 Å². The number of esters is 2. The number of ether oxygens (including phenoxy) is 3. The third kappa shape index (κ3) is 5.53. The van der Waals surface area contributed by atoms with E-state index in [-0.39, 0.29) is 12.4 Å². The molecule has 0 aromatic heterocycles. The second-order valence-corrected chi connectivity index (χ2v) is 7.27. The van der Waals surface area contributed by atoms with Crippen LogP contribution in [-0.4, -0.2) is 30.8 Å². The van der Waals surface area contributed by atoms with E-state index in [2.05, 4.69) is 10.6 Å². The summed E-state index contributed by atoms with van der Waals surface area (Å²) < 4.78 is 16.1. The van der Waals surface area contributed by atoms with E-state index >= 15 is 0 Å². The van der Waals surface area contributed by atoms with E-state index in [1.807, 2.05) is 30.3 Å². The second kappa shape index (κ2) is 10.6. The maximum absolute atomic E-state index is 12.5. The molecular weight excluding hydrogens is 428 g/mol. The minimum atomic E-state index is -0.542. The third-order valence-corrected chi connectivity index (χ3v) is 4.93. The molecule has 1 aliphatic rings. The second-order valence-electron chi connectivity index (χ2n) is 6.87. The molecule has 1 aliphatic heterocycles. The summed E-state index contributed by atoms with van der Waals surface area (Å²) in [4.78, 5) is 24.8. The highest BCUT2D eigenvalue weighted by Gasteiger charge is 2.31. The number of carbonyl (C=O) groups excluding carboxylic acids is 2. The monoisotopic (exact) mass is 452 g/mol. The Morgan fingerprint density at radius 2 is 1.88 bits per heavy atom.